The number of hydrogen-bond acceptors (Lipinski definition) is 4. The van der Waals surface area contributed by atoms with Gasteiger partial charge in [-0.3, -0.25) is 14.0 Å². The van der Waals surface area contributed by atoms with E-state index in [-0.39, 0.29) is 17.5 Å². The molecular weight excluding hydrogens is 298 g/mol. The number of methoxy groups -OCH3 is 1. The number of aromatic amines is 1. The molecule has 2 aromatic heterocycles. The average molecular weight is 315 g/mol. The predicted octanol–water partition coefficient (Wildman–Crippen LogP) is 0.502. The number of nitrogens with one attached hydrogen (secondary N) is 2. The number of ether oxygens (including phenoxy) is 1. The van der Waals surface area contributed by atoms with E-state index < -0.39 is 0 Å². The smallest absolute Gasteiger partial charge is 0.326 e. The minimum atomic E-state index is -0.289. The van der Waals surface area contributed by atoms with E-state index in [4.69, 9.17) is 4.74 Å². The second-order valence-corrected chi connectivity index (χ2v) is 5.08. The van der Waals surface area contributed by atoms with Gasteiger partial charge in [-0.1, -0.05) is 12.1 Å². The van der Waals surface area contributed by atoms with Gasteiger partial charge in [0.05, 0.1) is 18.1 Å². The van der Waals surface area contributed by atoms with Gasteiger partial charge in [0.2, 0.25) is 5.88 Å². The number of imidazole rings is 1. The van der Waals surface area contributed by atoms with Crippen LogP contribution in [0.1, 0.15) is 10.4 Å². The van der Waals surface area contributed by atoms with E-state index >= 15 is 0 Å². The highest BCUT2D eigenvalue weighted by molar-refractivity contribution is 5.96. The molecular formula is C15H17N5O3. The van der Waals surface area contributed by atoms with E-state index in [1.807, 2.05) is 24.3 Å². The minimum absolute atomic E-state index is 0.195. The van der Waals surface area contributed by atoms with Crippen LogP contribution < -0.4 is 15.7 Å². The Morgan fingerprint density at radius 1 is 1.39 bits per heavy atom. The van der Waals surface area contributed by atoms with E-state index in [0.717, 1.165) is 11.0 Å². The summed E-state index contributed by atoms with van der Waals surface area (Å²) in [6, 6.07) is 7.43. The van der Waals surface area contributed by atoms with Crippen LogP contribution in [0.25, 0.3) is 11.0 Å². The predicted molar refractivity (Wildman–Crippen MR) is 84.7 cm³/mol. The molecule has 23 heavy (non-hydrogen) atoms. The Bertz CT molecular complexity index is 905. The fourth-order valence-corrected chi connectivity index (χ4v) is 2.48. The Balaban J connectivity index is 1.70. The van der Waals surface area contributed by atoms with Gasteiger partial charge in [-0.2, -0.15) is 0 Å². The number of nitrogens with zero attached hydrogens (tertiary/aromatic N) is 3. The Morgan fingerprint density at radius 2 is 2.17 bits per heavy atom. The van der Waals surface area contributed by atoms with Crippen molar-refractivity contribution in [3.63, 3.8) is 0 Å². The number of aryl methyl sites for hydroxylation is 1. The van der Waals surface area contributed by atoms with E-state index in [9.17, 15) is 9.59 Å². The largest absolute Gasteiger partial charge is 0.479 e. The highest BCUT2D eigenvalue weighted by Crippen LogP contribution is 2.14. The van der Waals surface area contributed by atoms with Crippen LogP contribution in [0.5, 0.6) is 5.88 Å². The molecule has 1 amide bonds. The Labute approximate surface area is 131 Å². The monoisotopic (exact) mass is 315 g/mol. The van der Waals surface area contributed by atoms with Gasteiger partial charge in [-0.15, -0.1) is 5.10 Å². The number of benzene rings is 1. The van der Waals surface area contributed by atoms with Crippen molar-refractivity contribution in [2.45, 2.75) is 6.54 Å². The molecule has 0 unspecified atom stereocenters. The fourth-order valence-electron chi connectivity index (χ4n) is 2.48. The van der Waals surface area contributed by atoms with Crippen molar-refractivity contribution in [3.8, 4) is 5.88 Å². The van der Waals surface area contributed by atoms with Crippen molar-refractivity contribution in [1.29, 1.82) is 0 Å². The topological polar surface area (TPSA) is 93.9 Å². The lowest BCUT2D eigenvalue weighted by molar-refractivity contribution is 0.0949. The maximum Gasteiger partial charge on any atom is 0.326 e. The van der Waals surface area contributed by atoms with Crippen molar-refractivity contribution in [2.24, 2.45) is 7.05 Å². The molecule has 3 rings (SSSR count). The zero-order valence-electron chi connectivity index (χ0n) is 12.9. The second kappa shape index (κ2) is 5.99. The number of carbonyl (C=O) groups excluding carboxylic acids is 1. The van der Waals surface area contributed by atoms with Crippen LogP contribution in [0.3, 0.4) is 0 Å². The van der Waals surface area contributed by atoms with Crippen molar-refractivity contribution in [2.75, 3.05) is 13.7 Å². The van der Waals surface area contributed by atoms with Gasteiger partial charge < -0.3 is 15.0 Å². The average Bonchev–Trinajstić information content (AvgIpc) is 3.07. The standard InChI is InChI=1S/C15H17N5O3/c1-19-9-10(14(18-19)23-2)13(21)16-7-8-20-12-6-4-3-5-11(12)17-15(20)22/h3-6,9H,7-8H2,1-2H3,(H,16,21)(H,17,22). The van der Waals surface area contributed by atoms with Crippen molar-refractivity contribution < 1.29 is 9.53 Å². The molecule has 0 saturated carbocycles. The number of H-pyrrole nitrogens is 1. The number of rotatable bonds is 5. The summed E-state index contributed by atoms with van der Waals surface area (Å²) in [7, 11) is 3.18. The summed E-state index contributed by atoms with van der Waals surface area (Å²) < 4.78 is 8.17. The molecule has 0 bridgehead atoms. The van der Waals surface area contributed by atoms with E-state index in [0.29, 0.717) is 18.7 Å². The number of carbonyl (C=O) groups is 1. The van der Waals surface area contributed by atoms with E-state index in [2.05, 4.69) is 15.4 Å². The quantitative estimate of drug-likeness (QED) is 0.717. The molecule has 120 valence electrons. The Kier molecular flexibility index (Phi) is 3.88. The number of fused-ring (bicyclic) bond motifs is 1. The van der Waals surface area contributed by atoms with Crippen molar-refractivity contribution in [3.05, 3.63) is 46.5 Å². The van der Waals surface area contributed by atoms with Crippen molar-refractivity contribution in [1.82, 2.24) is 24.6 Å². The maximum atomic E-state index is 12.2. The van der Waals surface area contributed by atoms with Crippen LogP contribution in [0.15, 0.2) is 35.3 Å². The molecule has 0 spiro atoms. The summed E-state index contributed by atoms with van der Waals surface area (Å²) >= 11 is 0. The third kappa shape index (κ3) is 2.83. The molecule has 0 fully saturated rings. The first kappa shape index (κ1) is 14.9. The number of hydrogen-bond donors (Lipinski definition) is 2. The summed E-state index contributed by atoms with van der Waals surface area (Å²) in [5.74, 6) is -0.0166. The summed E-state index contributed by atoms with van der Waals surface area (Å²) in [5, 5.41) is 6.81. The van der Waals surface area contributed by atoms with Gasteiger partial charge in [-0.05, 0) is 12.1 Å². The highest BCUT2D eigenvalue weighted by Gasteiger charge is 2.16. The Hall–Kier alpha value is -3.03. The minimum Gasteiger partial charge on any atom is -0.479 e. The lowest BCUT2D eigenvalue weighted by Gasteiger charge is -2.06. The van der Waals surface area contributed by atoms with Crippen LogP contribution in [-0.2, 0) is 13.6 Å². The third-order valence-corrected chi connectivity index (χ3v) is 3.54. The molecule has 0 aliphatic carbocycles. The zero-order valence-corrected chi connectivity index (χ0v) is 12.9. The molecule has 0 radical (unpaired) electrons. The van der Waals surface area contributed by atoms with Gasteiger partial charge >= 0.3 is 5.69 Å². The Morgan fingerprint density at radius 3 is 2.96 bits per heavy atom. The summed E-state index contributed by atoms with van der Waals surface area (Å²) in [5.41, 5.74) is 1.75. The summed E-state index contributed by atoms with van der Waals surface area (Å²) in [6.07, 6.45) is 1.59. The van der Waals surface area contributed by atoms with E-state index in [1.165, 1.54) is 11.8 Å². The molecule has 1 aromatic carbocycles. The van der Waals surface area contributed by atoms with Crippen LogP contribution >= 0.6 is 0 Å². The van der Waals surface area contributed by atoms with Crippen LogP contribution in [-0.4, -0.2) is 38.9 Å². The SMILES string of the molecule is COc1nn(C)cc1C(=O)NCCn1c(=O)[nH]c2ccccc21. The molecule has 3 aromatic rings. The molecule has 8 heteroatoms. The molecule has 2 heterocycles. The first-order chi connectivity index (χ1) is 11.1. The number of aromatic nitrogens is 4. The molecule has 2 N–H and O–H groups in total. The van der Waals surface area contributed by atoms with Gasteiger partial charge in [0, 0.05) is 26.3 Å². The fraction of sp³-hybridized carbons (Fsp3) is 0.267. The van der Waals surface area contributed by atoms with Crippen LogP contribution in [0.4, 0.5) is 0 Å². The lowest BCUT2D eigenvalue weighted by atomic mass is 10.3. The number of para-hydroxylation sites is 2. The molecule has 0 aliphatic rings. The lowest BCUT2D eigenvalue weighted by Crippen LogP contribution is -2.30. The van der Waals surface area contributed by atoms with Crippen LogP contribution in [0, 0.1) is 0 Å². The molecule has 0 aliphatic heterocycles. The first-order valence-electron chi connectivity index (χ1n) is 7.13. The van der Waals surface area contributed by atoms with Gasteiger partial charge in [-0.25, -0.2) is 4.79 Å². The first-order valence-corrected chi connectivity index (χ1v) is 7.13. The zero-order chi connectivity index (χ0) is 16.4. The van der Waals surface area contributed by atoms with Crippen molar-refractivity contribution >= 4 is 16.9 Å². The normalized spacial score (nSPS) is 10.9. The molecule has 0 atom stereocenters. The highest BCUT2D eigenvalue weighted by atomic mass is 16.5. The van der Waals surface area contributed by atoms with Gasteiger partial charge in [0.25, 0.3) is 5.91 Å². The van der Waals surface area contributed by atoms with Gasteiger partial charge in [0.15, 0.2) is 0 Å². The van der Waals surface area contributed by atoms with Crippen LogP contribution in [0.2, 0.25) is 0 Å². The molecule has 0 saturated heterocycles. The second-order valence-electron chi connectivity index (χ2n) is 5.08. The summed E-state index contributed by atoms with van der Waals surface area (Å²) in [4.78, 5) is 26.9. The van der Waals surface area contributed by atoms with E-state index in [1.54, 1.807) is 17.8 Å². The third-order valence-electron chi connectivity index (χ3n) is 3.54. The number of amides is 1. The maximum absolute atomic E-state index is 12.2. The molecule has 8 nitrogen and oxygen atoms in total. The van der Waals surface area contributed by atoms with Gasteiger partial charge in [0.1, 0.15) is 5.56 Å². The summed E-state index contributed by atoms with van der Waals surface area (Å²) in [6.45, 7) is 0.690.